The summed E-state index contributed by atoms with van der Waals surface area (Å²) in [5.74, 6) is 2.31. The first-order valence-electron chi connectivity index (χ1n) is 4.86. The maximum Gasteiger partial charge on any atom is 0.377 e. The number of hydrogen-bond acceptors (Lipinski definition) is 4. The molecular weight excluding hydrogens is 302 g/mol. The third-order valence-electron chi connectivity index (χ3n) is 1.38. The normalized spacial score (nSPS) is 13.8. The van der Waals surface area contributed by atoms with Crippen molar-refractivity contribution < 1.29 is 24.0 Å². The summed E-state index contributed by atoms with van der Waals surface area (Å²) in [6, 6.07) is 0. The molecular formula is C10H17Cl2O5P. The molecule has 0 heterocycles. The van der Waals surface area contributed by atoms with Gasteiger partial charge in [-0.25, -0.2) is 0 Å². The van der Waals surface area contributed by atoms with Gasteiger partial charge in [0.25, 0.3) is 0 Å². The zero-order chi connectivity index (χ0) is 14.6. The lowest BCUT2D eigenvalue weighted by Gasteiger charge is -2.13. The molecule has 0 saturated carbocycles. The van der Waals surface area contributed by atoms with Gasteiger partial charge in [-0.2, -0.15) is 0 Å². The summed E-state index contributed by atoms with van der Waals surface area (Å²) in [7, 11) is 0. The number of ether oxygens (including phenoxy) is 2. The van der Waals surface area contributed by atoms with E-state index in [9.17, 15) is 9.67 Å². The molecule has 0 aliphatic carbocycles. The number of terminal acetylenes is 1. The van der Waals surface area contributed by atoms with Crippen LogP contribution in [0.5, 0.6) is 0 Å². The molecule has 0 rings (SSSR count). The van der Waals surface area contributed by atoms with Crippen LogP contribution >= 0.6 is 28.6 Å². The van der Waals surface area contributed by atoms with Crippen LogP contribution in [0.4, 0.5) is 0 Å². The highest BCUT2D eigenvalue weighted by Gasteiger charge is 2.05. The van der Waals surface area contributed by atoms with Crippen LogP contribution in [0.3, 0.4) is 0 Å². The summed E-state index contributed by atoms with van der Waals surface area (Å²) in [5, 5.41) is 9.27. The Balaban J connectivity index is 0. The summed E-state index contributed by atoms with van der Waals surface area (Å²) in [6.45, 7) is 6.05. The maximum absolute atomic E-state index is 9.30. The van der Waals surface area contributed by atoms with Crippen LogP contribution in [-0.2, 0) is 14.0 Å². The zero-order valence-electron chi connectivity index (χ0n) is 9.96. The fourth-order valence-electron chi connectivity index (χ4n) is 0.633. The largest absolute Gasteiger partial charge is 0.388 e. The summed E-state index contributed by atoms with van der Waals surface area (Å²) in [4.78, 5) is 7.61. The predicted molar refractivity (Wildman–Crippen MR) is 72.8 cm³/mol. The Kier molecular flexibility index (Phi) is 13.5. The van der Waals surface area contributed by atoms with Gasteiger partial charge in [0.1, 0.15) is 12.7 Å². The predicted octanol–water partition coefficient (Wildman–Crippen LogP) is 2.15. The van der Waals surface area contributed by atoms with Crippen LogP contribution in [0, 0.1) is 12.3 Å². The molecule has 0 spiro atoms. The fraction of sp³-hybridized carbons (Fsp3) is 0.600. The van der Waals surface area contributed by atoms with E-state index in [0.29, 0.717) is 0 Å². The smallest absolute Gasteiger partial charge is 0.377 e. The molecule has 0 amide bonds. The molecule has 2 unspecified atom stereocenters. The Labute approximate surface area is 117 Å². The van der Waals surface area contributed by atoms with Crippen LogP contribution in [0.1, 0.15) is 6.92 Å². The summed E-state index contributed by atoms with van der Waals surface area (Å²) >= 11 is 8.81. The average molecular weight is 319 g/mol. The van der Waals surface area contributed by atoms with Crippen molar-refractivity contribution in [3.05, 3.63) is 12.7 Å². The minimum absolute atomic E-state index is 0.0534. The highest BCUT2D eigenvalue weighted by Crippen LogP contribution is 2.51. The molecule has 0 aromatic heterocycles. The molecule has 2 atom stereocenters. The van der Waals surface area contributed by atoms with Crippen LogP contribution in [0.15, 0.2) is 12.7 Å². The van der Waals surface area contributed by atoms with Crippen LogP contribution in [-0.4, -0.2) is 42.0 Å². The molecule has 8 heteroatoms. The lowest BCUT2D eigenvalue weighted by molar-refractivity contribution is -0.0238. The number of aliphatic hydroxyl groups is 1. The number of aliphatic hydroxyl groups excluding tert-OH is 1. The van der Waals surface area contributed by atoms with Crippen molar-refractivity contribution in [3.8, 4) is 12.3 Å². The Morgan fingerprint density at radius 1 is 1.56 bits per heavy atom. The van der Waals surface area contributed by atoms with Crippen molar-refractivity contribution in [1.82, 2.24) is 0 Å². The number of rotatable bonds is 7. The van der Waals surface area contributed by atoms with Crippen molar-refractivity contribution in [1.29, 1.82) is 0 Å². The van der Waals surface area contributed by atoms with Gasteiger partial charge in [-0.1, -0.05) is 12.0 Å². The van der Waals surface area contributed by atoms with E-state index in [1.165, 1.54) is 0 Å². The molecule has 0 saturated heterocycles. The van der Waals surface area contributed by atoms with E-state index in [1.807, 2.05) is 6.92 Å². The van der Waals surface area contributed by atoms with Crippen LogP contribution < -0.4 is 0 Å². The van der Waals surface area contributed by atoms with E-state index in [1.54, 1.807) is 6.08 Å². The quantitative estimate of drug-likeness (QED) is 0.325. The number of hydrogen-bond donors (Lipinski definition) is 2. The van der Waals surface area contributed by atoms with E-state index >= 15 is 0 Å². The molecule has 0 aliphatic rings. The Morgan fingerprint density at radius 3 is 2.44 bits per heavy atom. The SMILES string of the molecule is C#CCOCC(O)COC(C)C=C.O=P(O)(Cl)Cl. The molecule has 5 nitrogen and oxygen atoms in total. The minimum atomic E-state index is -3.69. The topological polar surface area (TPSA) is 76.0 Å². The number of halogens is 2. The van der Waals surface area contributed by atoms with Gasteiger partial charge in [-0.05, 0) is 29.4 Å². The first-order valence-corrected chi connectivity index (χ1v) is 8.33. The molecule has 0 radical (unpaired) electrons. The molecule has 0 aromatic carbocycles. The standard InChI is InChI=1S/C10H16O3.Cl2HO2P/c1-4-6-12-7-10(11)8-13-9(3)5-2;1-5(2,3)4/h1,5,9-11H,2,6-8H2,3H3;(H,3,4). The minimum Gasteiger partial charge on any atom is -0.388 e. The molecule has 2 N–H and O–H groups in total. The lowest BCUT2D eigenvalue weighted by atomic mass is 10.4. The van der Waals surface area contributed by atoms with Gasteiger partial charge < -0.3 is 19.5 Å². The van der Waals surface area contributed by atoms with Crippen molar-refractivity contribution >= 4 is 28.6 Å². The van der Waals surface area contributed by atoms with E-state index in [0.717, 1.165) is 0 Å². The Morgan fingerprint density at radius 2 is 2.06 bits per heavy atom. The van der Waals surface area contributed by atoms with Crippen molar-refractivity contribution in [2.45, 2.75) is 19.1 Å². The van der Waals surface area contributed by atoms with Gasteiger partial charge in [0.05, 0.1) is 19.3 Å². The van der Waals surface area contributed by atoms with Crippen molar-refractivity contribution in [3.63, 3.8) is 0 Å². The summed E-state index contributed by atoms with van der Waals surface area (Å²) in [5.41, 5.74) is 0. The average Bonchev–Trinajstić information content (AvgIpc) is 2.24. The molecule has 0 aliphatic heterocycles. The molecule has 106 valence electrons. The second-order valence-electron chi connectivity index (χ2n) is 3.08. The van der Waals surface area contributed by atoms with E-state index in [-0.39, 0.29) is 25.9 Å². The van der Waals surface area contributed by atoms with Gasteiger partial charge in [0.2, 0.25) is 0 Å². The molecule has 0 bridgehead atoms. The zero-order valence-corrected chi connectivity index (χ0v) is 12.4. The molecule has 0 aromatic rings. The van der Waals surface area contributed by atoms with E-state index in [4.69, 9.17) is 20.8 Å². The highest BCUT2D eigenvalue weighted by molar-refractivity contribution is 8.04. The van der Waals surface area contributed by atoms with Gasteiger partial charge in [-0.3, -0.25) is 4.57 Å². The van der Waals surface area contributed by atoms with Gasteiger partial charge in [0, 0.05) is 0 Å². The Bertz CT molecular complexity index is 291. The maximum atomic E-state index is 9.30. The van der Waals surface area contributed by atoms with Crippen molar-refractivity contribution in [2.75, 3.05) is 19.8 Å². The second-order valence-corrected chi connectivity index (χ2v) is 7.22. The van der Waals surface area contributed by atoms with Crippen LogP contribution in [0.25, 0.3) is 0 Å². The Hall–Kier alpha value is -0.0500. The second kappa shape index (κ2) is 12.0. The fourth-order valence-corrected chi connectivity index (χ4v) is 0.633. The third-order valence-corrected chi connectivity index (χ3v) is 1.38. The molecule has 18 heavy (non-hydrogen) atoms. The van der Waals surface area contributed by atoms with Crippen LogP contribution in [0.2, 0.25) is 0 Å². The van der Waals surface area contributed by atoms with E-state index in [2.05, 4.69) is 35.0 Å². The lowest BCUT2D eigenvalue weighted by Crippen LogP contribution is -2.24. The van der Waals surface area contributed by atoms with E-state index < -0.39 is 12.2 Å². The molecule has 0 fully saturated rings. The summed E-state index contributed by atoms with van der Waals surface area (Å²) < 4.78 is 19.4. The summed E-state index contributed by atoms with van der Waals surface area (Å²) in [6.07, 6.45) is 2.24. The highest BCUT2D eigenvalue weighted by atomic mass is 35.9. The first-order chi connectivity index (χ1) is 8.20. The third kappa shape index (κ3) is 25.0. The van der Waals surface area contributed by atoms with Gasteiger partial charge >= 0.3 is 6.07 Å². The van der Waals surface area contributed by atoms with Gasteiger partial charge in [0.15, 0.2) is 0 Å². The van der Waals surface area contributed by atoms with Gasteiger partial charge in [-0.15, -0.1) is 13.0 Å². The first kappa shape index (κ1) is 20.3. The van der Waals surface area contributed by atoms with Crippen molar-refractivity contribution in [2.24, 2.45) is 0 Å². The monoisotopic (exact) mass is 318 g/mol.